The number of unbranched alkanes of at least 4 members (excludes halogenated alkanes) is 1. The Balaban J connectivity index is 1.18. The van der Waals surface area contributed by atoms with Crippen LogP contribution in [0.25, 0.3) is 0 Å². The second-order valence-corrected chi connectivity index (χ2v) is 11.4. The Bertz CT molecular complexity index is 1110. The first-order valence-electron chi connectivity index (χ1n) is 14.8. The minimum Gasteiger partial charge on any atom is -0.431 e. The fourth-order valence-corrected chi connectivity index (χ4v) is 6.43. The van der Waals surface area contributed by atoms with Crippen molar-refractivity contribution in [2.45, 2.75) is 58.5 Å². The second-order valence-electron chi connectivity index (χ2n) is 10.6. The zero-order chi connectivity index (χ0) is 28.2. The molecule has 0 radical (unpaired) electrons. The maximum absolute atomic E-state index is 12.4. The zero-order valence-corrected chi connectivity index (χ0v) is 25.0. The van der Waals surface area contributed by atoms with Crippen LogP contribution in [0.4, 0.5) is 0 Å². The highest BCUT2D eigenvalue weighted by molar-refractivity contribution is 7.98. The fraction of sp³-hybridized carbons (Fsp3) is 0.515. The lowest BCUT2D eigenvalue weighted by molar-refractivity contribution is -0.142. The van der Waals surface area contributed by atoms with Gasteiger partial charge < -0.3 is 14.4 Å². The molecule has 0 aromatic carbocycles. The highest BCUT2D eigenvalue weighted by Crippen LogP contribution is 2.41. The summed E-state index contributed by atoms with van der Waals surface area (Å²) in [5.41, 5.74) is 3.59. The van der Waals surface area contributed by atoms with Crippen LogP contribution < -0.4 is 0 Å². The molecule has 0 amide bonds. The number of rotatable bonds is 9. The van der Waals surface area contributed by atoms with Gasteiger partial charge in [0, 0.05) is 56.5 Å². The van der Waals surface area contributed by atoms with Gasteiger partial charge in [-0.2, -0.15) is 4.40 Å². The topological polar surface area (TPSA) is 54.4 Å². The van der Waals surface area contributed by atoms with E-state index in [0.717, 1.165) is 87.9 Å². The van der Waals surface area contributed by atoms with Crippen molar-refractivity contribution in [3.63, 3.8) is 0 Å². The van der Waals surface area contributed by atoms with Gasteiger partial charge in [0.05, 0.1) is 12.5 Å². The van der Waals surface area contributed by atoms with E-state index in [-0.39, 0.29) is 18.0 Å². The Kier molecular flexibility index (Phi) is 12.1. The minimum absolute atomic E-state index is 0.0901. The highest BCUT2D eigenvalue weighted by atomic mass is 32.2. The smallest absolute Gasteiger partial charge is 0.311 e. The Hall–Kier alpha value is -2.61. The number of carbonyl (C=O) groups is 1. The molecule has 3 aliphatic heterocycles. The van der Waals surface area contributed by atoms with E-state index in [1.54, 1.807) is 18.0 Å². The van der Waals surface area contributed by atoms with Gasteiger partial charge >= 0.3 is 5.97 Å². The lowest BCUT2D eigenvalue weighted by Gasteiger charge is -2.36. The van der Waals surface area contributed by atoms with E-state index >= 15 is 0 Å². The van der Waals surface area contributed by atoms with Crippen LogP contribution in [0.2, 0.25) is 0 Å². The normalized spacial score (nSPS) is 27.5. The monoisotopic (exact) mass is 563 g/mol. The summed E-state index contributed by atoms with van der Waals surface area (Å²) in [6.07, 6.45) is 23.9. The molecule has 1 saturated heterocycles. The molecule has 4 aliphatic rings. The Morgan fingerprint density at radius 1 is 1.20 bits per heavy atom. The van der Waals surface area contributed by atoms with E-state index in [0.29, 0.717) is 12.8 Å². The summed E-state index contributed by atoms with van der Waals surface area (Å²) in [5, 5.41) is 0. The molecule has 6 nitrogen and oxygen atoms in total. The van der Waals surface area contributed by atoms with Gasteiger partial charge in [0.1, 0.15) is 11.6 Å². The number of hydrogen-bond acceptors (Lipinski definition) is 7. The van der Waals surface area contributed by atoms with Crippen molar-refractivity contribution in [2.75, 3.05) is 45.1 Å². The SMILES string of the molecule is C=C/C=C(\C=C/C)[C@@H]1CC(=O)OC2=C1CC[C@@H](OCCCCN1CCN(C3=NSC\C=C/C=C/C3=C\C)CC1)C2. The Labute approximate surface area is 245 Å². The first-order chi connectivity index (χ1) is 19.6. The van der Waals surface area contributed by atoms with Gasteiger partial charge in [-0.3, -0.25) is 9.69 Å². The van der Waals surface area contributed by atoms with Crippen molar-refractivity contribution in [2.24, 2.45) is 10.3 Å². The maximum Gasteiger partial charge on any atom is 0.311 e. The van der Waals surface area contributed by atoms with Crippen LogP contribution in [0, 0.1) is 5.92 Å². The van der Waals surface area contributed by atoms with E-state index < -0.39 is 0 Å². The van der Waals surface area contributed by atoms with Gasteiger partial charge in [0.25, 0.3) is 0 Å². The fourth-order valence-electron chi connectivity index (χ4n) is 5.82. The summed E-state index contributed by atoms with van der Waals surface area (Å²) in [4.78, 5) is 17.4. The van der Waals surface area contributed by atoms with Gasteiger partial charge in [0.2, 0.25) is 0 Å². The van der Waals surface area contributed by atoms with Crippen LogP contribution in [0.1, 0.15) is 52.4 Å². The van der Waals surface area contributed by atoms with Gasteiger partial charge in [0.15, 0.2) is 0 Å². The molecule has 0 saturated carbocycles. The summed E-state index contributed by atoms with van der Waals surface area (Å²) in [7, 11) is 0. The summed E-state index contributed by atoms with van der Waals surface area (Å²) in [5.74, 6) is 2.80. The largest absolute Gasteiger partial charge is 0.431 e. The maximum atomic E-state index is 12.4. The molecule has 1 fully saturated rings. The van der Waals surface area contributed by atoms with Crippen molar-refractivity contribution in [3.8, 4) is 0 Å². The first kappa shape index (κ1) is 30.4. The number of nitrogens with zero attached hydrogens (tertiary/aromatic N) is 3. The van der Waals surface area contributed by atoms with E-state index in [4.69, 9.17) is 13.9 Å². The zero-order valence-electron chi connectivity index (χ0n) is 24.2. The standard InChI is InChI=1S/C33H45N3O3S/c1-4-12-27(13-5-2)30-25-32(37)39-31-24-28(15-16-29(30)31)38-22-10-9-17-35-18-20-36(21-19-35)33-26(6-3)14-8-7-11-23-40-34-33/h4-8,11-14,28,30H,1,9-10,15-25H2,2-3H3/b11-7-,13-5-,14-8+,26-6+,27-12+,34-33?/t28-,30+/m1/s1. The molecule has 0 aromatic heterocycles. The van der Waals surface area contributed by atoms with Crippen LogP contribution in [-0.2, 0) is 14.3 Å². The number of amidine groups is 1. The highest BCUT2D eigenvalue weighted by Gasteiger charge is 2.35. The third-order valence-electron chi connectivity index (χ3n) is 7.92. The van der Waals surface area contributed by atoms with Crippen LogP contribution in [0.15, 0.2) is 88.1 Å². The molecule has 0 bridgehead atoms. The van der Waals surface area contributed by atoms with Crippen molar-refractivity contribution < 1.29 is 14.3 Å². The van der Waals surface area contributed by atoms with Gasteiger partial charge in [-0.15, -0.1) is 0 Å². The quantitative estimate of drug-likeness (QED) is 0.137. The number of piperazine rings is 1. The predicted octanol–water partition coefficient (Wildman–Crippen LogP) is 6.58. The molecule has 216 valence electrons. The number of esters is 1. The summed E-state index contributed by atoms with van der Waals surface area (Å²) < 4.78 is 16.8. The van der Waals surface area contributed by atoms with Crippen LogP contribution in [0.5, 0.6) is 0 Å². The molecule has 0 spiro atoms. The van der Waals surface area contributed by atoms with Crippen molar-refractivity contribution in [1.29, 1.82) is 0 Å². The Morgan fingerprint density at radius 3 is 2.83 bits per heavy atom. The number of carbonyl (C=O) groups excluding carboxylic acids is 1. The molecule has 1 aliphatic carbocycles. The van der Waals surface area contributed by atoms with Gasteiger partial charge in [-0.25, -0.2) is 0 Å². The molecule has 0 aromatic rings. The lowest BCUT2D eigenvalue weighted by atomic mass is 9.79. The van der Waals surface area contributed by atoms with Gasteiger partial charge in [-0.05, 0) is 69.2 Å². The number of ether oxygens (including phenoxy) is 2. The molecule has 3 heterocycles. The molecule has 4 rings (SSSR count). The molecule has 40 heavy (non-hydrogen) atoms. The molecular formula is C33H45N3O3S. The van der Waals surface area contributed by atoms with E-state index in [2.05, 4.69) is 59.8 Å². The summed E-state index contributed by atoms with van der Waals surface area (Å²) in [6.45, 7) is 13.9. The molecule has 2 atom stereocenters. The summed E-state index contributed by atoms with van der Waals surface area (Å²) in [6, 6.07) is 0. The summed E-state index contributed by atoms with van der Waals surface area (Å²) >= 11 is 1.62. The third-order valence-corrected chi connectivity index (χ3v) is 8.56. The average molecular weight is 564 g/mol. The average Bonchev–Trinajstić information content (AvgIpc) is 3.08. The predicted molar refractivity (Wildman–Crippen MR) is 167 cm³/mol. The van der Waals surface area contributed by atoms with Crippen molar-refractivity contribution >= 4 is 23.8 Å². The van der Waals surface area contributed by atoms with Crippen molar-refractivity contribution in [1.82, 2.24) is 9.80 Å². The molecule has 7 heteroatoms. The van der Waals surface area contributed by atoms with E-state index in [9.17, 15) is 4.79 Å². The third kappa shape index (κ3) is 8.45. The van der Waals surface area contributed by atoms with Gasteiger partial charge in [-0.1, -0.05) is 61.3 Å². The number of allylic oxidation sites excluding steroid dienone is 9. The lowest BCUT2D eigenvalue weighted by Crippen LogP contribution is -2.49. The van der Waals surface area contributed by atoms with Crippen LogP contribution in [-0.4, -0.2) is 72.8 Å². The van der Waals surface area contributed by atoms with E-state index in [1.165, 1.54) is 11.1 Å². The molecule has 0 unspecified atom stereocenters. The second kappa shape index (κ2) is 16.0. The van der Waals surface area contributed by atoms with Crippen LogP contribution >= 0.6 is 11.9 Å². The minimum atomic E-state index is -0.143. The van der Waals surface area contributed by atoms with Crippen LogP contribution in [0.3, 0.4) is 0 Å². The molecular weight excluding hydrogens is 518 g/mol. The Morgan fingerprint density at radius 2 is 2.05 bits per heavy atom. The van der Waals surface area contributed by atoms with Crippen molar-refractivity contribution in [3.05, 3.63) is 83.7 Å². The number of hydrogen-bond donors (Lipinski definition) is 0. The van der Waals surface area contributed by atoms with E-state index in [1.807, 2.05) is 19.1 Å². The molecule has 0 N–H and O–H groups in total. The first-order valence-corrected chi connectivity index (χ1v) is 15.7.